The Morgan fingerprint density at radius 1 is 1.38 bits per heavy atom. The molecule has 0 radical (unpaired) electrons. The van der Waals surface area contributed by atoms with Gasteiger partial charge in [-0.05, 0) is 17.0 Å². The largest absolute Gasteiger partial charge is 0.369 e. The van der Waals surface area contributed by atoms with Gasteiger partial charge >= 0.3 is 0 Å². The van der Waals surface area contributed by atoms with E-state index in [2.05, 4.69) is 4.98 Å². The fourth-order valence-electron chi connectivity index (χ4n) is 1.59. The van der Waals surface area contributed by atoms with Gasteiger partial charge in [0.1, 0.15) is 0 Å². The van der Waals surface area contributed by atoms with E-state index in [9.17, 15) is 4.79 Å². The van der Waals surface area contributed by atoms with Crippen LogP contribution in [0.1, 0.15) is 12.0 Å². The molecular formula is C13H12N2O. The Bertz CT molecular complexity index is 541. The minimum atomic E-state index is -0.321. The lowest BCUT2D eigenvalue weighted by atomic mass is 10.1. The number of hydrogen-bond acceptors (Lipinski definition) is 2. The number of amides is 1. The molecule has 16 heavy (non-hydrogen) atoms. The molecule has 0 aliphatic carbocycles. The lowest BCUT2D eigenvalue weighted by molar-refractivity contribution is -0.117. The fraction of sp³-hybridized carbons (Fsp3) is 0.0769. The first kappa shape index (κ1) is 10.4. The number of fused-ring (bicyclic) bond motifs is 1. The number of nitrogens with two attached hydrogens (primary N) is 1. The van der Waals surface area contributed by atoms with Crippen LogP contribution in [-0.2, 0) is 4.79 Å². The maximum Gasteiger partial charge on any atom is 0.221 e. The molecule has 0 fully saturated rings. The second kappa shape index (κ2) is 4.57. The van der Waals surface area contributed by atoms with E-state index in [1.165, 1.54) is 0 Å². The van der Waals surface area contributed by atoms with Gasteiger partial charge in [0, 0.05) is 24.2 Å². The summed E-state index contributed by atoms with van der Waals surface area (Å²) in [6, 6.07) is 7.93. The number of carbonyl (C=O) groups excluding carboxylic acids is 1. The Labute approximate surface area is 93.6 Å². The van der Waals surface area contributed by atoms with E-state index in [1.807, 2.05) is 36.5 Å². The molecule has 0 aliphatic heterocycles. The van der Waals surface area contributed by atoms with E-state index in [1.54, 1.807) is 12.3 Å². The van der Waals surface area contributed by atoms with Crippen molar-refractivity contribution in [1.29, 1.82) is 0 Å². The molecular weight excluding hydrogens is 200 g/mol. The molecule has 3 heteroatoms. The summed E-state index contributed by atoms with van der Waals surface area (Å²) in [6.07, 6.45) is 7.53. The van der Waals surface area contributed by atoms with Gasteiger partial charge in [0.2, 0.25) is 5.91 Å². The van der Waals surface area contributed by atoms with Gasteiger partial charge in [-0.15, -0.1) is 0 Å². The normalized spacial score (nSPS) is 11.0. The number of carbonyl (C=O) groups is 1. The second-order valence-electron chi connectivity index (χ2n) is 3.52. The molecule has 0 saturated heterocycles. The van der Waals surface area contributed by atoms with Gasteiger partial charge in [-0.2, -0.15) is 0 Å². The molecule has 3 nitrogen and oxygen atoms in total. The lowest BCUT2D eigenvalue weighted by Crippen LogP contribution is -2.07. The van der Waals surface area contributed by atoms with E-state index < -0.39 is 0 Å². The molecule has 1 aromatic heterocycles. The molecule has 1 amide bonds. The molecule has 0 spiro atoms. The summed E-state index contributed by atoms with van der Waals surface area (Å²) in [6.45, 7) is 0. The standard InChI is InChI=1S/C13H12N2O/c14-13(16)6-2-4-10-3-1-5-11-9-15-8-7-12(10)11/h1-5,7-9H,6H2,(H2,14,16). The Hall–Kier alpha value is -2.16. The Morgan fingerprint density at radius 3 is 3.06 bits per heavy atom. The smallest absolute Gasteiger partial charge is 0.221 e. The van der Waals surface area contributed by atoms with Crippen molar-refractivity contribution >= 4 is 22.8 Å². The molecule has 2 rings (SSSR count). The van der Waals surface area contributed by atoms with Crippen LogP contribution in [0.5, 0.6) is 0 Å². The number of nitrogens with zero attached hydrogens (tertiary/aromatic N) is 1. The third-order valence-corrected chi connectivity index (χ3v) is 2.33. The zero-order valence-corrected chi connectivity index (χ0v) is 8.76. The zero-order valence-electron chi connectivity index (χ0n) is 8.76. The van der Waals surface area contributed by atoms with Crippen LogP contribution in [-0.4, -0.2) is 10.9 Å². The predicted molar refractivity (Wildman–Crippen MR) is 64.6 cm³/mol. The van der Waals surface area contributed by atoms with E-state index in [0.717, 1.165) is 16.3 Å². The first-order chi connectivity index (χ1) is 7.77. The zero-order chi connectivity index (χ0) is 11.4. The molecule has 80 valence electrons. The number of rotatable bonds is 3. The van der Waals surface area contributed by atoms with Crippen LogP contribution in [0.3, 0.4) is 0 Å². The minimum absolute atomic E-state index is 0.265. The number of pyridine rings is 1. The molecule has 1 heterocycles. The molecule has 0 aliphatic rings. The van der Waals surface area contributed by atoms with E-state index in [-0.39, 0.29) is 12.3 Å². The fourth-order valence-corrected chi connectivity index (χ4v) is 1.59. The number of aromatic nitrogens is 1. The van der Waals surface area contributed by atoms with Gasteiger partial charge in [0.15, 0.2) is 0 Å². The molecule has 0 unspecified atom stereocenters. The summed E-state index contributed by atoms with van der Waals surface area (Å²) in [5.41, 5.74) is 6.14. The Morgan fingerprint density at radius 2 is 2.25 bits per heavy atom. The van der Waals surface area contributed by atoms with Gasteiger partial charge in [-0.3, -0.25) is 9.78 Å². The van der Waals surface area contributed by atoms with Gasteiger partial charge in [-0.1, -0.05) is 30.4 Å². The maximum absolute atomic E-state index is 10.6. The van der Waals surface area contributed by atoms with Crippen LogP contribution in [0.25, 0.3) is 16.8 Å². The third kappa shape index (κ3) is 2.25. The Balaban J connectivity index is 2.37. The third-order valence-electron chi connectivity index (χ3n) is 2.33. The Kier molecular flexibility index (Phi) is 2.96. The van der Waals surface area contributed by atoms with Crippen molar-refractivity contribution in [2.45, 2.75) is 6.42 Å². The SMILES string of the molecule is NC(=O)CC=Cc1cccc2cnccc12. The molecule has 0 saturated carbocycles. The van der Waals surface area contributed by atoms with Gasteiger partial charge in [-0.25, -0.2) is 0 Å². The monoisotopic (exact) mass is 212 g/mol. The molecule has 2 N–H and O–H groups in total. The average molecular weight is 212 g/mol. The highest BCUT2D eigenvalue weighted by Crippen LogP contribution is 2.18. The molecule has 1 aromatic carbocycles. The summed E-state index contributed by atoms with van der Waals surface area (Å²) in [4.78, 5) is 14.7. The quantitative estimate of drug-likeness (QED) is 0.847. The predicted octanol–water partition coefficient (Wildman–Crippen LogP) is 2.12. The van der Waals surface area contributed by atoms with Crippen molar-refractivity contribution in [3.8, 4) is 0 Å². The first-order valence-corrected chi connectivity index (χ1v) is 5.05. The van der Waals surface area contributed by atoms with Gasteiger partial charge < -0.3 is 5.73 Å². The summed E-state index contributed by atoms with van der Waals surface area (Å²) < 4.78 is 0. The van der Waals surface area contributed by atoms with Crippen molar-refractivity contribution in [3.05, 3.63) is 48.3 Å². The highest BCUT2D eigenvalue weighted by atomic mass is 16.1. The molecule has 0 bridgehead atoms. The highest BCUT2D eigenvalue weighted by molar-refractivity contribution is 5.90. The van der Waals surface area contributed by atoms with Crippen molar-refractivity contribution in [3.63, 3.8) is 0 Å². The average Bonchev–Trinajstić information content (AvgIpc) is 2.29. The van der Waals surface area contributed by atoms with Crippen LogP contribution in [0.2, 0.25) is 0 Å². The summed E-state index contributed by atoms with van der Waals surface area (Å²) in [5, 5.41) is 2.21. The summed E-state index contributed by atoms with van der Waals surface area (Å²) in [7, 11) is 0. The van der Waals surface area contributed by atoms with Crippen molar-refractivity contribution in [2.24, 2.45) is 5.73 Å². The van der Waals surface area contributed by atoms with Crippen LogP contribution in [0.15, 0.2) is 42.7 Å². The topological polar surface area (TPSA) is 56.0 Å². The second-order valence-corrected chi connectivity index (χ2v) is 3.52. The van der Waals surface area contributed by atoms with Gasteiger partial charge in [0.25, 0.3) is 0 Å². The van der Waals surface area contributed by atoms with E-state index in [0.29, 0.717) is 0 Å². The van der Waals surface area contributed by atoms with Crippen LogP contribution in [0.4, 0.5) is 0 Å². The highest BCUT2D eigenvalue weighted by Gasteiger charge is 1.96. The maximum atomic E-state index is 10.6. The minimum Gasteiger partial charge on any atom is -0.369 e. The van der Waals surface area contributed by atoms with Gasteiger partial charge in [0.05, 0.1) is 0 Å². The molecule has 0 atom stereocenters. The lowest BCUT2D eigenvalue weighted by Gasteiger charge is -2.00. The number of hydrogen-bond donors (Lipinski definition) is 1. The van der Waals surface area contributed by atoms with Crippen molar-refractivity contribution in [1.82, 2.24) is 4.98 Å². The molecule has 2 aromatic rings. The number of primary amides is 1. The summed E-state index contributed by atoms with van der Waals surface area (Å²) >= 11 is 0. The van der Waals surface area contributed by atoms with Crippen LogP contribution >= 0.6 is 0 Å². The summed E-state index contributed by atoms with van der Waals surface area (Å²) in [5.74, 6) is -0.321. The van der Waals surface area contributed by atoms with E-state index >= 15 is 0 Å². The van der Waals surface area contributed by atoms with Crippen molar-refractivity contribution in [2.75, 3.05) is 0 Å². The number of benzene rings is 1. The van der Waals surface area contributed by atoms with Crippen molar-refractivity contribution < 1.29 is 4.79 Å². The van der Waals surface area contributed by atoms with Crippen LogP contribution in [0, 0.1) is 0 Å². The first-order valence-electron chi connectivity index (χ1n) is 5.05. The van der Waals surface area contributed by atoms with Crippen LogP contribution < -0.4 is 5.73 Å². The van der Waals surface area contributed by atoms with E-state index in [4.69, 9.17) is 5.73 Å².